The van der Waals surface area contributed by atoms with Crippen LogP contribution in [0.25, 0.3) is 21.8 Å². The summed E-state index contributed by atoms with van der Waals surface area (Å²) in [5.74, 6) is 0. The van der Waals surface area contributed by atoms with Crippen molar-refractivity contribution in [3.8, 4) is 0 Å². The second kappa shape index (κ2) is 11.0. The summed E-state index contributed by atoms with van der Waals surface area (Å²) in [6, 6.07) is 20.4. The first-order chi connectivity index (χ1) is 15.1. The summed E-state index contributed by atoms with van der Waals surface area (Å²) >= 11 is 10.3. The number of pyridine rings is 2. The van der Waals surface area contributed by atoms with E-state index in [1.807, 2.05) is 36.4 Å². The largest absolute Gasteiger partial charge is 0.379 e. The Balaban J connectivity index is 0.000000158. The van der Waals surface area contributed by atoms with Gasteiger partial charge in [0.2, 0.25) is 0 Å². The Morgan fingerprint density at radius 3 is 2.03 bits per heavy atom. The molecule has 7 heteroatoms. The third kappa shape index (κ3) is 6.33. The van der Waals surface area contributed by atoms with Crippen LogP contribution in [0.4, 0.5) is 0 Å². The van der Waals surface area contributed by atoms with Gasteiger partial charge in [-0.2, -0.15) is 0 Å². The number of benzene rings is 2. The lowest BCUT2D eigenvalue weighted by Crippen LogP contribution is -2.12. The van der Waals surface area contributed by atoms with E-state index in [4.69, 9.17) is 9.47 Å². The Kier molecular flexibility index (Phi) is 8.07. The van der Waals surface area contributed by atoms with Gasteiger partial charge < -0.3 is 9.47 Å². The molecule has 4 nitrogen and oxygen atoms in total. The molecule has 31 heavy (non-hydrogen) atoms. The van der Waals surface area contributed by atoms with E-state index in [1.165, 1.54) is 5.39 Å². The Bertz CT molecular complexity index is 1180. The van der Waals surface area contributed by atoms with Crippen LogP contribution in [0.2, 0.25) is 0 Å². The van der Waals surface area contributed by atoms with Crippen LogP contribution in [-0.2, 0) is 21.4 Å². The normalized spacial score (nSPS) is 15.8. The highest BCUT2D eigenvalue weighted by molar-refractivity contribution is 9.10. The zero-order valence-electron chi connectivity index (χ0n) is 16.7. The van der Waals surface area contributed by atoms with Crippen LogP contribution in [0.1, 0.15) is 17.8 Å². The van der Waals surface area contributed by atoms with Gasteiger partial charge >= 0.3 is 0 Å². The molecular weight excluding hydrogens is 588 g/mol. The van der Waals surface area contributed by atoms with Gasteiger partial charge in [0.1, 0.15) is 0 Å². The minimum absolute atomic E-state index is 0.229. The lowest BCUT2D eigenvalue weighted by Gasteiger charge is -2.09. The molecule has 0 spiro atoms. The average Bonchev–Trinajstić information content (AvgIpc) is 3.31. The molecule has 1 aliphatic rings. The van der Waals surface area contributed by atoms with Gasteiger partial charge in [0.05, 0.1) is 41.7 Å². The van der Waals surface area contributed by atoms with E-state index in [0.717, 1.165) is 55.1 Å². The summed E-state index contributed by atoms with van der Waals surface area (Å²) in [6.45, 7) is 2.07. The molecule has 160 valence electrons. The van der Waals surface area contributed by atoms with Gasteiger partial charge in [-0.3, -0.25) is 9.97 Å². The van der Waals surface area contributed by atoms with Gasteiger partial charge in [-0.05, 0) is 55.0 Å². The summed E-state index contributed by atoms with van der Waals surface area (Å²) in [6.07, 6.45) is 1.22. The van der Waals surface area contributed by atoms with Crippen molar-refractivity contribution in [1.29, 1.82) is 0 Å². The van der Waals surface area contributed by atoms with Crippen LogP contribution >= 0.6 is 47.8 Å². The molecule has 0 aliphatic carbocycles. The number of rotatable bonds is 4. The molecule has 1 fully saturated rings. The first-order valence-electron chi connectivity index (χ1n) is 9.96. The molecule has 0 amide bonds. The van der Waals surface area contributed by atoms with E-state index >= 15 is 0 Å². The Hall–Kier alpha value is -1.38. The van der Waals surface area contributed by atoms with Gasteiger partial charge in [0.25, 0.3) is 0 Å². The molecule has 2 aromatic carbocycles. The highest BCUT2D eigenvalue weighted by Crippen LogP contribution is 2.20. The van der Waals surface area contributed by atoms with Crippen LogP contribution in [0, 0.1) is 0 Å². The fourth-order valence-electron chi connectivity index (χ4n) is 3.28. The van der Waals surface area contributed by atoms with E-state index in [2.05, 4.69) is 82.0 Å². The Labute approximate surface area is 206 Å². The maximum absolute atomic E-state index is 5.76. The third-order valence-electron chi connectivity index (χ3n) is 4.91. The SMILES string of the molecule is BrCc1ccc2cc(Br)ccc2n1.Brc1ccc2nc(CO[C@H]3CCOC3)ccc2c1. The Morgan fingerprint density at radius 2 is 1.45 bits per heavy atom. The van der Waals surface area contributed by atoms with Crippen molar-refractivity contribution in [2.45, 2.75) is 24.5 Å². The number of alkyl halides is 1. The smallest absolute Gasteiger partial charge is 0.0893 e. The fourth-order valence-corrected chi connectivity index (χ4v) is 4.35. The molecule has 0 unspecified atom stereocenters. The lowest BCUT2D eigenvalue weighted by atomic mass is 10.2. The van der Waals surface area contributed by atoms with Gasteiger partial charge in [0.15, 0.2) is 0 Å². The summed E-state index contributed by atoms with van der Waals surface area (Å²) in [4.78, 5) is 9.06. The van der Waals surface area contributed by atoms with Gasteiger partial charge in [-0.25, -0.2) is 0 Å². The van der Waals surface area contributed by atoms with E-state index < -0.39 is 0 Å². The maximum Gasteiger partial charge on any atom is 0.0893 e. The monoisotopic (exact) mass is 606 g/mol. The summed E-state index contributed by atoms with van der Waals surface area (Å²) in [7, 11) is 0. The number of nitrogens with zero attached hydrogens (tertiary/aromatic N) is 2. The van der Waals surface area contributed by atoms with Crippen LogP contribution in [0.15, 0.2) is 69.6 Å². The summed E-state index contributed by atoms with van der Waals surface area (Å²) in [5.41, 5.74) is 4.08. The first kappa shape index (κ1) is 22.8. The predicted octanol–water partition coefficient (Wildman–Crippen LogP) is 7.20. The maximum atomic E-state index is 5.76. The van der Waals surface area contributed by atoms with Crippen molar-refractivity contribution >= 4 is 69.6 Å². The van der Waals surface area contributed by atoms with Crippen molar-refractivity contribution in [3.05, 3.63) is 81.0 Å². The highest BCUT2D eigenvalue weighted by Gasteiger charge is 2.16. The number of halogens is 3. The van der Waals surface area contributed by atoms with Gasteiger partial charge in [0, 0.05) is 31.7 Å². The van der Waals surface area contributed by atoms with Gasteiger partial charge in [-0.15, -0.1) is 0 Å². The minimum atomic E-state index is 0.229. The standard InChI is InChI=1S/C14H14BrNO2.C10H7Br2N/c15-11-2-4-14-10(7-11)1-3-12(16-14)8-18-13-5-6-17-9-13;11-6-9-3-1-7-5-8(12)2-4-10(7)13-9/h1-4,7,13H,5-6,8-9H2;1-5H,6H2/t13-;/m0./s1. The lowest BCUT2D eigenvalue weighted by molar-refractivity contribution is 0.0303. The van der Waals surface area contributed by atoms with Crippen molar-refractivity contribution in [2.75, 3.05) is 13.2 Å². The van der Waals surface area contributed by atoms with Gasteiger partial charge in [-0.1, -0.05) is 59.9 Å². The Morgan fingerprint density at radius 1 is 0.839 bits per heavy atom. The molecule has 1 saturated heterocycles. The molecular formula is C24H21Br3N2O2. The summed E-state index contributed by atoms with van der Waals surface area (Å²) in [5, 5.41) is 3.11. The number of aromatic nitrogens is 2. The topological polar surface area (TPSA) is 44.2 Å². The van der Waals surface area contributed by atoms with Crippen molar-refractivity contribution in [1.82, 2.24) is 9.97 Å². The second-order valence-corrected chi connectivity index (χ2v) is 9.60. The molecule has 5 rings (SSSR count). The highest BCUT2D eigenvalue weighted by atomic mass is 79.9. The van der Waals surface area contributed by atoms with Crippen molar-refractivity contribution in [3.63, 3.8) is 0 Å². The molecule has 0 bridgehead atoms. The molecule has 1 atom stereocenters. The molecule has 0 radical (unpaired) electrons. The second-order valence-electron chi connectivity index (χ2n) is 7.21. The third-order valence-corrected chi connectivity index (χ3v) is 6.47. The van der Waals surface area contributed by atoms with Crippen molar-refractivity contribution in [2.24, 2.45) is 0 Å². The van der Waals surface area contributed by atoms with E-state index in [1.54, 1.807) is 0 Å². The number of hydrogen-bond donors (Lipinski definition) is 0. The predicted molar refractivity (Wildman–Crippen MR) is 136 cm³/mol. The van der Waals surface area contributed by atoms with E-state index in [9.17, 15) is 0 Å². The molecule has 0 saturated carbocycles. The van der Waals surface area contributed by atoms with Crippen LogP contribution in [-0.4, -0.2) is 29.3 Å². The van der Waals surface area contributed by atoms with Crippen LogP contribution in [0.5, 0.6) is 0 Å². The zero-order chi connectivity index (χ0) is 21.6. The number of ether oxygens (including phenoxy) is 2. The molecule has 1 aliphatic heterocycles. The minimum Gasteiger partial charge on any atom is -0.379 e. The quantitative estimate of drug-likeness (QED) is 0.230. The summed E-state index contributed by atoms with van der Waals surface area (Å²) < 4.78 is 13.2. The first-order valence-corrected chi connectivity index (χ1v) is 12.7. The van der Waals surface area contributed by atoms with Crippen molar-refractivity contribution < 1.29 is 9.47 Å². The molecule has 4 aromatic rings. The average molecular weight is 609 g/mol. The fraction of sp³-hybridized carbons (Fsp3) is 0.250. The molecule has 3 heterocycles. The van der Waals surface area contributed by atoms with E-state index in [0.29, 0.717) is 13.2 Å². The van der Waals surface area contributed by atoms with E-state index in [-0.39, 0.29) is 6.10 Å². The number of fused-ring (bicyclic) bond motifs is 2. The van der Waals surface area contributed by atoms with Crippen LogP contribution in [0.3, 0.4) is 0 Å². The zero-order valence-corrected chi connectivity index (χ0v) is 21.5. The number of hydrogen-bond acceptors (Lipinski definition) is 4. The molecule has 0 N–H and O–H groups in total. The molecule has 2 aromatic heterocycles. The van der Waals surface area contributed by atoms with Crippen LogP contribution < -0.4 is 0 Å².